The molecule has 0 saturated carbocycles. The van der Waals surface area contributed by atoms with Gasteiger partial charge in [-0.25, -0.2) is 15.0 Å². The molecule has 9 nitrogen and oxygen atoms in total. The second kappa shape index (κ2) is 7.11. The van der Waals surface area contributed by atoms with Crippen molar-refractivity contribution in [2.24, 2.45) is 0 Å². The number of rotatable bonds is 4. The predicted octanol–water partition coefficient (Wildman–Crippen LogP) is 2.30. The van der Waals surface area contributed by atoms with Gasteiger partial charge in [0.2, 0.25) is 0 Å². The first kappa shape index (κ1) is 16.5. The third-order valence-corrected chi connectivity index (χ3v) is 4.26. The summed E-state index contributed by atoms with van der Waals surface area (Å²) >= 11 is 1.25. The molecule has 1 N–H and O–H groups in total. The third-order valence-electron chi connectivity index (χ3n) is 3.50. The van der Waals surface area contributed by atoms with E-state index in [4.69, 9.17) is 5.26 Å². The number of carbonyl (C=O) groups excluding carboxylic acids is 1. The van der Waals surface area contributed by atoms with Crippen molar-refractivity contribution < 1.29 is 4.79 Å². The zero-order valence-corrected chi connectivity index (χ0v) is 14.5. The lowest BCUT2D eigenvalue weighted by Gasteiger charge is -2.04. The van der Waals surface area contributed by atoms with E-state index in [1.807, 2.05) is 6.07 Å². The number of thiazole rings is 1. The molecule has 130 valence electrons. The Hall–Kier alpha value is -3.97. The lowest BCUT2D eigenvalue weighted by molar-refractivity contribution is 0.101. The predicted molar refractivity (Wildman–Crippen MR) is 97.2 cm³/mol. The first-order valence-electron chi connectivity index (χ1n) is 7.71. The zero-order valence-electron chi connectivity index (χ0n) is 13.6. The van der Waals surface area contributed by atoms with Crippen LogP contribution in [-0.4, -0.2) is 35.9 Å². The van der Waals surface area contributed by atoms with Crippen molar-refractivity contribution in [3.8, 4) is 23.3 Å². The molecule has 0 aliphatic rings. The van der Waals surface area contributed by atoms with Crippen molar-refractivity contribution in [1.29, 1.82) is 5.26 Å². The van der Waals surface area contributed by atoms with Crippen molar-refractivity contribution in [3.05, 3.63) is 65.6 Å². The van der Waals surface area contributed by atoms with Crippen molar-refractivity contribution in [3.63, 3.8) is 0 Å². The normalized spacial score (nSPS) is 10.3. The van der Waals surface area contributed by atoms with E-state index in [0.29, 0.717) is 28.0 Å². The number of hydrogen-bond acceptors (Lipinski definition) is 8. The fourth-order valence-corrected chi connectivity index (χ4v) is 2.99. The molecule has 0 radical (unpaired) electrons. The van der Waals surface area contributed by atoms with Crippen molar-refractivity contribution in [1.82, 2.24) is 29.9 Å². The van der Waals surface area contributed by atoms with Crippen molar-refractivity contribution in [2.75, 3.05) is 5.32 Å². The fraction of sp³-hybridized carbons (Fsp3) is 0. The summed E-state index contributed by atoms with van der Waals surface area (Å²) in [7, 11) is 0. The van der Waals surface area contributed by atoms with E-state index in [9.17, 15) is 4.79 Å². The molecule has 0 unspecified atom stereocenters. The molecule has 0 saturated heterocycles. The summed E-state index contributed by atoms with van der Waals surface area (Å²) in [4.78, 5) is 25.3. The third kappa shape index (κ3) is 3.39. The van der Waals surface area contributed by atoms with Crippen LogP contribution in [0.2, 0.25) is 0 Å². The van der Waals surface area contributed by atoms with Crippen LogP contribution in [0.4, 0.5) is 5.13 Å². The highest BCUT2D eigenvalue weighted by Crippen LogP contribution is 2.24. The Bertz CT molecular complexity index is 1140. The van der Waals surface area contributed by atoms with E-state index in [1.54, 1.807) is 48.0 Å². The molecule has 0 aliphatic carbocycles. The van der Waals surface area contributed by atoms with Gasteiger partial charge in [0.15, 0.2) is 16.6 Å². The molecule has 27 heavy (non-hydrogen) atoms. The monoisotopic (exact) mass is 374 g/mol. The topological polar surface area (TPSA) is 122 Å². The van der Waals surface area contributed by atoms with Gasteiger partial charge in [-0.2, -0.15) is 9.94 Å². The average molecular weight is 374 g/mol. The van der Waals surface area contributed by atoms with Gasteiger partial charge in [0, 0.05) is 11.6 Å². The Morgan fingerprint density at radius 1 is 1.15 bits per heavy atom. The maximum absolute atomic E-state index is 12.6. The average Bonchev–Trinajstić information content (AvgIpc) is 3.38. The van der Waals surface area contributed by atoms with Gasteiger partial charge in [-0.15, -0.1) is 16.4 Å². The van der Waals surface area contributed by atoms with Gasteiger partial charge in [-0.1, -0.05) is 17.3 Å². The molecule has 0 atom stereocenters. The largest absolute Gasteiger partial charge is 0.296 e. The summed E-state index contributed by atoms with van der Waals surface area (Å²) in [6.45, 7) is 0. The molecule has 10 heteroatoms. The Labute approximate surface area is 157 Å². The van der Waals surface area contributed by atoms with Crippen LogP contribution < -0.4 is 5.32 Å². The smallest absolute Gasteiger partial charge is 0.277 e. The number of nitrogens with zero attached hydrogens (tertiary/aromatic N) is 7. The molecule has 0 aromatic carbocycles. The number of nitrogens with one attached hydrogen (secondary N) is 1. The Morgan fingerprint density at radius 2 is 2.07 bits per heavy atom. The van der Waals surface area contributed by atoms with Crippen LogP contribution in [0.25, 0.3) is 17.2 Å². The minimum absolute atomic E-state index is 0.232. The first-order valence-corrected chi connectivity index (χ1v) is 8.59. The summed E-state index contributed by atoms with van der Waals surface area (Å²) in [5.74, 6) is 0.0720. The van der Waals surface area contributed by atoms with Crippen LogP contribution in [0.3, 0.4) is 0 Å². The molecule has 0 aliphatic heterocycles. The van der Waals surface area contributed by atoms with E-state index in [-0.39, 0.29) is 5.69 Å². The van der Waals surface area contributed by atoms with E-state index in [0.717, 1.165) is 0 Å². The van der Waals surface area contributed by atoms with E-state index in [2.05, 4.69) is 30.6 Å². The minimum atomic E-state index is -0.412. The van der Waals surface area contributed by atoms with Crippen LogP contribution in [0.15, 0.2) is 54.2 Å². The van der Waals surface area contributed by atoms with Gasteiger partial charge in [0.1, 0.15) is 17.5 Å². The molecular formula is C17H10N8OS. The summed E-state index contributed by atoms with van der Waals surface area (Å²) < 4.78 is 1.35. The van der Waals surface area contributed by atoms with Crippen LogP contribution in [-0.2, 0) is 0 Å². The molecule has 0 spiro atoms. The van der Waals surface area contributed by atoms with Gasteiger partial charge < -0.3 is 0 Å². The number of aromatic nitrogens is 6. The fourth-order valence-electron chi connectivity index (χ4n) is 2.29. The maximum atomic E-state index is 12.6. The summed E-state index contributed by atoms with van der Waals surface area (Å²) in [6.07, 6.45) is 2.96. The number of carbonyl (C=O) groups is 1. The van der Waals surface area contributed by atoms with Crippen molar-refractivity contribution in [2.45, 2.75) is 0 Å². The molecule has 4 aromatic heterocycles. The molecule has 4 rings (SSSR count). The standard InChI is InChI=1S/C17H10N8OS/c18-8-11-4-3-5-12(21-11)13-10-27-17(22-13)23-16(26)14-9-20-24-25(14)15-6-1-2-7-19-15/h1-7,9-10H,(H,22,23,26). The summed E-state index contributed by atoms with van der Waals surface area (Å²) in [6, 6.07) is 12.4. The first-order chi connectivity index (χ1) is 13.2. The van der Waals surface area contributed by atoms with Crippen LogP contribution in [0, 0.1) is 11.3 Å². The number of hydrogen-bond donors (Lipinski definition) is 1. The van der Waals surface area contributed by atoms with Gasteiger partial charge in [-0.3, -0.25) is 10.1 Å². The Balaban J connectivity index is 1.56. The summed E-state index contributed by atoms with van der Waals surface area (Å²) in [5.41, 5.74) is 1.67. The Kier molecular flexibility index (Phi) is 4.34. The molecule has 4 aromatic rings. The van der Waals surface area contributed by atoms with Gasteiger partial charge >= 0.3 is 0 Å². The van der Waals surface area contributed by atoms with E-state index in [1.165, 1.54) is 22.2 Å². The van der Waals surface area contributed by atoms with Gasteiger partial charge in [-0.05, 0) is 24.3 Å². The quantitative estimate of drug-likeness (QED) is 0.581. The van der Waals surface area contributed by atoms with Gasteiger partial charge in [0.05, 0.1) is 11.9 Å². The highest BCUT2D eigenvalue weighted by molar-refractivity contribution is 7.14. The van der Waals surface area contributed by atoms with Crippen molar-refractivity contribution >= 4 is 22.4 Å². The molecule has 0 bridgehead atoms. The number of pyridine rings is 2. The van der Waals surface area contributed by atoms with Gasteiger partial charge in [0.25, 0.3) is 5.91 Å². The molecule has 1 amide bonds. The number of nitriles is 1. The Morgan fingerprint density at radius 3 is 2.89 bits per heavy atom. The highest BCUT2D eigenvalue weighted by atomic mass is 32.1. The molecule has 0 fully saturated rings. The van der Waals surface area contributed by atoms with E-state index >= 15 is 0 Å². The number of amides is 1. The van der Waals surface area contributed by atoms with Crippen LogP contribution >= 0.6 is 11.3 Å². The lowest BCUT2D eigenvalue weighted by atomic mass is 10.2. The zero-order chi connectivity index (χ0) is 18.6. The molecule has 4 heterocycles. The number of anilines is 1. The molecular weight excluding hydrogens is 364 g/mol. The lowest BCUT2D eigenvalue weighted by Crippen LogP contribution is -2.17. The van der Waals surface area contributed by atoms with Crippen LogP contribution in [0.1, 0.15) is 16.2 Å². The summed E-state index contributed by atoms with van der Waals surface area (Å²) in [5, 5.41) is 21.5. The van der Waals surface area contributed by atoms with E-state index < -0.39 is 5.91 Å². The highest BCUT2D eigenvalue weighted by Gasteiger charge is 2.17. The SMILES string of the molecule is N#Cc1cccc(-c2csc(NC(=O)c3cnnn3-c3ccccn3)n2)n1. The van der Waals surface area contributed by atoms with Crippen LogP contribution in [0.5, 0.6) is 0 Å². The minimum Gasteiger partial charge on any atom is -0.296 e. The second-order valence-corrected chi connectivity index (χ2v) is 6.09. The second-order valence-electron chi connectivity index (χ2n) is 5.23. The maximum Gasteiger partial charge on any atom is 0.277 e.